The summed E-state index contributed by atoms with van der Waals surface area (Å²) in [5.74, 6) is -0.108. The van der Waals surface area contributed by atoms with Crippen LogP contribution in [0.25, 0.3) is 10.6 Å². The maximum atomic E-state index is 10.7. The van der Waals surface area contributed by atoms with Crippen molar-refractivity contribution in [2.45, 2.75) is 76.9 Å². The molecule has 8 heteroatoms. The molecule has 158 valence electrons. The zero-order chi connectivity index (χ0) is 21.2. The number of thiophene rings is 1. The first-order valence-corrected chi connectivity index (χ1v) is 11.5. The fourth-order valence-electron chi connectivity index (χ4n) is 4.27. The van der Waals surface area contributed by atoms with Gasteiger partial charge in [0.15, 0.2) is 0 Å². The average Bonchev–Trinajstić information content (AvgIpc) is 3.02. The third-order valence-corrected chi connectivity index (χ3v) is 6.71. The highest BCUT2D eigenvalue weighted by Gasteiger charge is 2.37. The summed E-state index contributed by atoms with van der Waals surface area (Å²) < 4.78 is 0.855. The molecule has 0 saturated carbocycles. The lowest BCUT2D eigenvalue weighted by Gasteiger charge is -2.46. The number of nitrogens with one attached hydrogen (secondary N) is 2. The molecule has 1 saturated heterocycles. The normalized spacial score (nSPS) is 18.5. The van der Waals surface area contributed by atoms with E-state index in [1.807, 2.05) is 6.07 Å². The van der Waals surface area contributed by atoms with Gasteiger partial charge in [-0.25, -0.2) is 9.97 Å². The van der Waals surface area contributed by atoms with Gasteiger partial charge in [-0.15, -0.1) is 11.3 Å². The van der Waals surface area contributed by atoms with Crippen molar-refractivity contribution < 1.29 is 9.90 Å². The molecule has 29 heavy (non-hydrogen) atoms. The summed E-state index contributed by atoms with van der Waals surface area (Å²) in [5.41, 5.74) is 0.969. The molecule has 0 atom stereocenters. The van der Waals surface area contributed by atoms with E-state index < -0.39 is 5.97 Å². The van der Waals surface area contributed by atoms with E-state index in [1.54, 1.807) is 17.5 Å². The van der Waals surface area contributed by atoms with Gasteiger partial charge in [0, 0.05) is 34.6 Å². The molecular formula is C21H29BrN4O2S. The van der Waals surface area contributed by atoms with Gasteiger partial charge in [-0.2, -0.15) is 0 Å². The van der Waals surface area contributed by atoms with E-state index in [-0.39, 0.29) is 17.5 Å². The highest BCUT2D eigenvalue weighted by Crippen LogP contribution is 2.34. The number of rotatable bonds is 7. The Bertz CT molecular complexity index is 865. The largest absolute Gasteiger partial charge is 0.481 e. The average molecular weight is 481 g/mol. The highest BCUT2D eigenvalue weighted by molar-refractivity contribution is 9.10. The Balaban J connectivity index is 1.73. The first kappa shape index (κ1) is 22.2. The Morgan fingerprint density at radius 1 is 1.31 bits per heavy atom. The van der Waals surface area contributed by atoms with E-state index in [0.717, 1.165) is 34.3 Å². The summed E-state index contributed by atoms with van der Waals surface area (Å²) in [6, 6.07) is 4.40. The second-order valence-corrected chi connectivity index (χ2v) is 11.1. The second kappa shape index (κ2) is 8.70. The molecule has 0 aromatic carbocycles. The van der Waals surface area contributed by atoms with E-state index in [4.69, 9.17) is 10.1 Å². The molecule has 0 aliphatic carbocycles. The predicted octanol–water partition coefficient (Wildman–Crippen LogP) is 5.10. The first-order valence-electron chi connectivity index (χ1n) is 9.92. The maximum absolute atomic E-state index is 10.7. The number of hydrogen-bond donors (Lipinski definition) is 3. The van der Waals surface area contributed by atoms with Gasteiger partial charge in [-0.05, 0) is 81.4 Å². The van der Waals surface area contributed by atoms with E-state index in [9.17, 15) is 4.79 Å². The lowest BCUT2D eigenvalue weighted by atomic mass is 9.80. The number of carbonyl (C=O) groups is 1. The highest BCUT2D eigenvalue weighted by atomic mass is 79.9. The van der Waals surface area contributed by atoms with Crippen LogP contribution in [0.3, 0.4) is 0 Å². The fourth-order valence-corrected chi connectivity index (χ4v) is 5.86. The van der Waals surface area contributed by atoms with Crippen LogP contribution in [0.4, 0.5) is 5.95 Å². The standard InChI is InChI=1S/C21H29BrN4O2S/c1-20(2)10-13(11-21(3,4)26-20)24-19-23-12-15(22)18(25-19)16-9-8-14(29-16)6-5-7-17(27)28/h8-9,12-13,26H,5-7,10-11H2,1-4H3,(H,27,28)(H,23,24,25). The maximum Gasteiger partial charge on any atom is 0.303 e. The molecule has 1 fully saturated rings. The van der Waals surface area contributed by atoms with Crippen molar-refractivity contribution in [1.29, 1.82) is 0 Å². The number of aryl methyl sites for hydroxylation is 1. The number of anilines is 1. The van der Waals surface area contributed by atoms with Crippen molar-refractivity contribution in [1.82, 2.24) is 15.3 Å². The van der Waals surface area contributed by atoms with Gasteiger partial charge in [0.1, 0.15) is 0 Å². The van der Waals surface area contributed by atoms with Gasteiger partial charge in [-0.1, -0.05) is 0 Å². The van der Waals surface area contributed by atoms with Gasteiger partial charge in [-0.3, -0.25) is 4.79 Å². The Kier molecular flexibility index (Phi) is 6.65. The van der Waals surface area contributed by atoms with E-state index in [0.29, 0.717) is 18.4 Å². The summed E-state index contributed by atoms with van der Waals surface area (Å²) in [4.78, 5) is 22.2. The molecule has 0 radical (unpaired) electrons. The Labute approximate surface area is 184 Å². The van der Waals surface area contributed by atoms with Crippen molar-refractivity contribution in [3.8, 4) is 10.6 Å². The van der Waals surface area contributed by atoms with Crippen LogP contribution < -0.4 is 10.6 Å². The van der Waals surface area contributed by atoms with Gasteiger partial charge in [0.2, 0.25) is 5.95 Å². The predicted molar refractivity (Wildman–Crippen MR) is 122 cm³/mol. The first-order chi connectivity index (χ1) is 13.5. The molecule has 3 N–H and O–H groups in total. The molecule has 0 bridgehead atoms. The third kappa shape index (κ3) is 6.23. The second-order valence-electron chi connectivity index (χ2n) is 9.05. The smallest absolute Gasteiger partial charge is 0.303 e. The molecule has 3 heterocycles. The van der Waals surface area contributed by atoms with Crippen LogP contribution in [0.15, 0.2) is 22.8 Å². The minimum absolute atomic E-state index is 0.0518. The number of aliphatic carboxylic acids is 1. The van der Waals surface area contributed by atoms with Crippen molar-refractivity contribution in [2.75, 3.05) is 5.32 Å². The third-order valence-electron chi connectivity index (χ3n) is 4.98. The zero-order valence-corrected chi connectivity index (χ0v) is 19.8. The van der Waals surface area contributed by atoms with Crippen molar-refractivity contribution in [3.63, 3.8) is 0 Å². The molecule has 0 amide bonds. The number of carboxylic acid groups (broad SMARTS) is 1. The lowest BCUT2D eigenvalue weighted by Crippen LogP contribution is -2.60. The number of piperidine rings is 1. The zero-order valence-electron chi connectivity index (χ0n) is 17.4. The van der Waals surface area contributed by atoms with Crippen molar-refractivity contribution in [2.24, 2.45) is 0 Å². The van der Waals surface area contributed by atoms with Crippen LogP contribution in [-0.2, 0) is 11.2 Å². The van der Waals surface area contributed by atoms with Crippen LogP contribution in [0.2, 0.25) is 0 Å². The molecule has 0 unspecified atom stereocenters. The lowest BCUT2D eigenvalue weighted by molar-refractivity contribution is -0.137. The topological polar surface area (TPSA) is 87.1 Å². The Hall–Kier alpha value is -1.51. The molecule has 1 aliphatic rings. The summed E-state index contributed by atoms with van der Waals surface area (Å²) in [6.07, 6.45) is 5.40. The number of halogens is 1. The summed E-state index contributed by atoms with van der Waals surface area (Å²) in [6.45, 7) is 8.92. The van der Waals surface area contributed by atoms with Gasteiger partial charge in [0.05, 0.1) is 15.0 Å². The van der Waals surface area contributed by atoms with Crippen LogP contribution in [0.5, 0.6) is 0 Å². The van der Waals surface area contributed by atoms with E-state index in [2.05, 4.69) is 65.3 Å². The van der Waals surface area contributed by atoms with Crippen LogP contribution in [0, 0.1) is 0 Å². The Morgan fingerprint density at radius 2 is 2.00 bits per heavy atom. The van der Waals surface area contributed by atoms with Gasteiger partial charge in [0.25, 0.3) is 0 Å². The SMILES string of the molecule is CC1(C)CC(Nc2ncc(Br)c(-c3ccc(CCCC(=O)O)s3)n2)CC(C)(C)N1. The molecule has 0 spiro atoms. The summed E-state index contributed by atoms with van der Waals surface area (Å²) in [5, 5.41) is 16.0. The van der Waals surface area contributed by atoms with Crippen molar-refractivity contribution >= 4 is 39.2 Å². The number of carboxylic acids is 1. The minimum Gasteiger partial charge on any atom is -0.481 e. The Morgan fingerprint density at radius 3 is 2.66 bits per heavy atom. The molecule has 1 aliphatic heterocycles. The number of hydrogen-bond acceptors (Lipinski definition) is 6. The fraction of sp³-hybridized carbons (Fsp3) is 0.571. The number of aromatic nitrogens is 2. The molecule has 2 aromatic rings. The van der Waals surface area contributed by atoms with Gasteiger partial charge < -0.3 is 15.7 Å². The molecular weight excluding hydrogens is 452 g/mol. The quantitative estimate of drug-likeness (QED) is 0.510. The number of nitrogens with zero attached hydrogens (tertiary/aromatic N) is 2. The summed E-state index contributed by atoms with van der Waals surface area (Å²) >= 11 is 5.23. The molecule has 6 nitrogen and oxygen atoms in total. The van der Waals surface area contributed by atoms with Crippen LogP contribution in [-0.4, -0.2) is 38.2 Å². The van der Waals surface area contributed by atoms with Crippen LogP contribution in [0.1, 0.15) is 58.3 Å². The van der Waals surface area contributed by atoms with Gasteiger partial charge >= 0.3 is 5.97 Å². The minimum atomic E-state index is -0.750. The van der Waals surface area contributed by atoms with Crippen LogP contribution >= 0.6 is 27.3 Å². The molecule has 2 aromatic heterocycles. The van der Waals surface area contributed by atoms with Crippen molar-refractivity contribution in [3.05, 3.63) is 27.7 Å². The van der Waals surface area contributed by atoms with E-state index in [1.165, 1.54) is 4.88 Å². The summed E-state index contributed by atoms with van der Waals surface area (Å²) in [7, 11) is 0. The molecule has 3 rings (SSSR count). The monoisotopic (exact) mass is 480 g/mol. The van der Waals surface area contributed by atoms with E-state index >= 15 is 0 Å².